The van der Waals surface area contributed by atoms with Gasteiger partial charge in [0.25, 0.3) is 0 Å². The van der Waals surface area contributed by atoms with E-state index in [9.17, 15) is 13.2 Å². The lowest BCUT2D eigenvalue weighted by Crippen LogP contribution is -2.33. The smallest absolute Gasteiger partial charge is 0.239 e. The zero-order chi connectivity index (χ0) is 19.2. The van der Waals surface area contributed by atoms with E-state index < -0.39 is 15.9 Å². The van der Waals surface area contributed by atoms with Crippen molar-refractivity contribution in [2.24, 2.45) is 0 Å². The molecule has 0 saturated carbocycles. The van der Waals surface area contributed by atoms with Gasteiger partial charge in [-0.3, -0.25) is 4.79 Å². The molecule has 0 aliphatic carbocycles. The van der Waals surface area contributed by atoms with Gasteiger partial charge in [-0.2, -0.15) is 0 Å². The quantitative estimate of drug-likeness (QED) is 0.742. The number of methoxy groups -OCH3 is 1. The van der Waals surface area contributed by atoms with Crippen molar-refractivity contribution in [3.8, 4) is 5.75 Å². The number of anilines is 1. The Kier molecular flexibility index (Phi) is 6.76. The highest BCUT2D eigenvalue weighted by Crippen LogP contribution is 2.17. The van der Waals surface area contributed by atoms with Crippen LogP contribution in [0.5, 0.6) is 5.75 Å². The van der Waals surface area contributed by atoms with Crippen molar-refractivity contribution in [2.75, 3.05) is 19.0 Å². The van der Waals surface area contributed by atoms with Crippen LogP contribution in [0, 0.1) is 0 Å². The van der Waals surface area contributed by atoms with E-state index in [2.05, 4.69) is 23.9 Å². The predicted molar refractivity (Wildman–Crippen MR) is 103 cm³/mol. The molecule has 140 valence electrons. The highest BCUT2D eigenvalue weighted by Gasteiger charge is 2.14. The van der Waals surface area contributed by atoms with Crippen molar-refractivity contribution in [1.82, 2.24) is 4.72 Å². The minimum Gasteiger partial charge on any atom is -0.497 e. The van der Waals surface area contributed by atoms with Crippen LogP contribution in [0.1, 0.15) is 30.9 Å². The third-order valence-electron chi connectivity index (χ3n) is 3.81. The fraction of sp³-hybridized carbons (Fsp3) is 0.316. The summed E-state index contributed by atoms with van der Waals surface area (Å²) in [6, 6.07) is 14.3. The second-order valence-electron chi connectivity index (χ2n) is 6.26. The lowest BCUT2D eigenvalue weighted by Gasteiger charge is -2.10. The molecule has 0 atom stereocenters. The number of hydrogen-bond donors (Lipinski definition) is 2. The van der Waals surface area contributed by atoms with Crippen LogP contribution in [0.2, 0.25) is 0 Å². The second-order valence-corrected chi connectivity index (χ2v) is 8.06. The third-order valence-corrected chi connectivity index (χ3v) is 5.11. The normalized spacial score (nSPS) is 11.4. The molecule has 0 bridgehead atoms. The van der Waals surface area contributed by atoms with E-state index in [1.54, 1.807) is 36.4 Å². The van der Waals surface area contributed by atoms with Gasteiger partial charge in [-0.25, -0.2) is 13.1 Å². The summed E-state index contributed by atoms with van der Waals surface area (Å²) >= 11 is 0. The molecule has 0 heterocycles. The number of hydrogen-bond acceptors (Lipinski definition) is 4. The topological polar surface area (TPSA) is 84.5 Å². The van der Waals surface area contributed by atoms with E-state index in [0.29, 0.717) is 22.9 Å². The van der Waals surface area contributed by atoms with Crippen LogP contribution in [0.25, 0.3) is 0 Å². The molecule has 0 spiro atoms. The molecule has 2 aromatic carbocycles. The highest BCUT2D eigenvalue weighted by molar-refractivity contribution is 7.88. The summed E-state index contributed by atoms with van der Waals surface area (Å²) < 4.78 is 31.7. The molecule has 0 aliphatic rings. The first kappa shape index (κ1) is 19.9. The maximum atomic E-state index is 12.2. The molecule has 0 aromatic heterocycles. The van der Waals surface area contributed by atoms with Crippen molar-refractivity contribution in [2.45, 2.75) is 25.5 Å². The number of amides is 1. The lowest BCUT2D eigenvalue weighted by atomic mass is 10.0. The van der Waals surface area contributed by atoms with Crippen LogP contribution >= 0.6 is 0 Å². The molecule has 2 aromatic rings. The van der Waals surface area contributed by atoms with Gasteiger partial charge in [-0.05, 0) is 29.2 Å². The van der Waals surface area contributed by atoms with E-state index in [0.717, 1.165) is 5.56 Å². The lowest BCUT2D eigenvalue weighted by molar-refractivity contribution is -0.115. The zero-order valence-corrected chi connectivity index (χ0v) is 16.0. The van der Waals surface area contributed by atoms with Gasteiger partial charge in [0.15, 0.2) is 0 Å². The van der Waals surface area contributed by atoms with E-state index in [4.69, 9.17) is 4.74 Å². The number of ether oxygens (including phenoxy) is 1. The van der Waals surface area contributed by atoms with Crippen molar-refractivity contribution in [3.63, 3.8) is 0 Å². The molecule has 0 unspecified atom stereocenters. The van der Waals surface area contributed by atoms with Gasteiger partial charge in [-0.15, -0.1) is 0 Å². The minimum atomic E-state index is -3.60. The molecule has 0 radical (unpaired) electrons. The first-order valence-corrected chi connectivity index (χ1v) is 9.94. The summed E-state index contributed by atoms with van der Waals surface area (Å²) in [7, 11) is -2.07. The van der Waals surface area contributed by atoms with E-state index in [1.807, 2.05) is 12.1 Å². The summed E-state index contributed by atoms with van der Waals surface area (Å²) in [5.74, 6) is 0.377. The Labute approximate surface area is 154 Å². The first-order chi connectivity index (χ1) is 12.3. The zero-order valence-electron chi connectivity index (χ0n) is 15.2. The molecule has 2 N–H and O–H groups in total. The molecule has 2 rings (SSSR count). The van der Waals surface area contributed by atoms with Crippen LogP contribution in [0.3, 0.4) is 0 Å². The van der Waals surface area contributed by atoms with Gasteiger partial charge in [-0.1, -0.05) is 44.2 Å². The molecule has 26 heavy (non-hydrogen) atoms. The van der Waals surface area contributed by atoms with Gasteiger partial charge in [0.2, 0.25) is 15.9 Å². The van der Waals surface area contributed by atoms with Gasteiger partial charge in [0.05, 0.1) is 19.4 Å². The number of benzene rings is 2. The predicted octanol–water partition coefficient (Wildman–Crippen LogP) is 2.88. The van der Waals surface area contributed by atoms with Gasteiger partial charge < -0.3 is 10.1 Å². The molecule has 7 heteroatoms. The molecular weight excluding hydrogens is 352 g/mol. The Balaban J connectivity index is 1.89. The standard InChI is InChI=1S/C19H24N2O4S/c1-14(2)16-9-7-15(8-10-16)13-26(23,24)20-12-19(22)21-17-5-4-6-18(11-17)25-3/h4-11,14,20H,12-13H2,1-3H3,(H,21,22). The Morgan fingerprint density at radius 2 is 1.81 bits per heavy atom. The molecule has 0 fully saturated rings. The van der Waals surface area contributed by atoms with Crippen LogP contribution in [0.15, 0.2) is 48.5 Å². The summed E-state index contributed by atoms with van der Waals surface area (Å²) in [5.41, 5.74) is 2.37. The highest BCUT2D eigenvalue weighted by atomic mass is 32.2. The molecule has 0 aliphatic heterocycles. The fourth-order valence-corrected chi connectivity index (χ4v) is 3.44. The molecular formula is C19H24N2O4S. The number of rotatable bonds is 8. The fourth-order valence-electron chi connectivity index (χ4n) is 2.35. The van der Waals surface area contributed by atoms with Gasteiger partial charge in [0.1, 0.15) is 5.75 Å². The average molecular weight is 376 g/mol. The number of carbonyl (C=O) groups excluding carboxylic acids is 1. The average Bonchev–Trinajstić information content (AvgIpc) is 2.60. The van der Waals surface area contributed by atoms with Crippen molar-refractivity contribution >= 4 is 21.6 Å². The summed E-state index contributed by atoms with van der Waals surface area (Å²) in [4.78, 5) is 12.0. The monoisotopic (exact) mass is 376 g/mol. The van der Waals surface area contributed by atoms with Crippen molar-refractivity contribution in [1.29, 1.82) is 0 Å². The van der Waals surface area contributed by atoms with E-state index in [-0.39, 0.29) is 12.3 Å². The Morgan fingerprint density at radius 3 is 2.42 bits per heavy atom. The number of sulfonamides is 1. The molecule has 6 nitrogen and oxygen atoms in total. The van der Waals surface area contributed by atoms with E-state index in [1.165, 1.54) is 7.11 Å². The SMILES string of the molecule is COc1cccc(NC(=O)CNS(=O)(=O)Cc2ccc(C(C)C)cc2)c1. The Hall–Kier alpha value is -2.38. The molecule has 0 saturated heterocycles. The van der Waals surface area contributed by atoms with Crippen LogP contribution in [0.4, 0.5) is 5.69 Å². The summed E-state index contributed by atoms with van der Waals surface area (Å²) in [5, 5.41) is 2.63. The van der Waals surface area contributed by atoms with Gasteiger partial charge in [0, 0.05) is 11.8 Å². The first-order valence-electron chi connectivity index (χ1n) is 8.29. The third kappa shape index (κ3) is 6.16. The van der Waals surface area contributed by atoms with Crippen LogP contribution < -0.4 is 14.8 Å². The van der Waals surface area contributed by atoms with E-state index >= 15 is 0 Å². The summed E-state index contributed by atoms with van der Waals surface area (Å²) in [6.07, 6.45) is 0. The second kappa shape index (κ2) is 8.82. The van der Waals surface area contributed by atoms with Crippen LogP contribution in [-0.2, 0) is 20.6 Å². The molecule has 1 amide bonds. The maximum Gasteiger partial charge on any atom is 0.239 e. The Bertz CT molecular complexity index is 846. The summed E-state index contributed by atoms with van der Waals surface area (Å²) in [6.45, 7) is 3.83. The van der Waals surface area contributed by atoms with Crippen molar-refractivity contribution < 1.29 is 17.9 Å². The van der Waals surface area contributed by atoms with Crippen LogP contribution in [-0.4, -0.2) is 28.0 Å². The number of nitrogens with one attached hydrogen (secondary N) is 2. The maximum absolute atomic E-state index is 12.2. The largest absolute Gasteiger partial charge is 0.497 e. The number of carbonyl (C=O) groups is 1. The van der Waals surface area contributed by atoms with Gasteiger partial charge >= 0.3 is 0 Å². The Morgan fingerprint density at radius 1 is 1.12 bits per heavy atom. The minimum absolute atomic E-state index is 0.169. The van der Waals surface area contributed by atoms with Crippen molar-refractivity contribution in [3.05, 3.63) is 59.7 Å².